The Bertz CT molecular complexity index is 799. The van der Waals surface area contributed by atoms with Crippen molar-refractivity contribution in [1.29, 1.82) is 0 Å². The Morgan fingerprint density at radius 1 is 1.37 bits per heavy atom. The summed E-state index contributed by atoms with van der Waals surface area (Å²) >= 11 is 1.18. The summed E-state index contributed by atoms with van der Waals surface area (Å²) in [7, 11) is -0.511. The van der Waals surface area contributed by atoms with E-state index in [0.29, 0.717) is 17.1 Å². The molecule has 0 saturated carbocycles. The number of esters is 1. The number of carbonyl (C=O) groups is 2. The third-order valence-electron chi connectivity index (χ3n) is 5.60. The highest BCUT2D eigenvalue weighted by Crippen LogP contribution is 2.45. The predicted octanol–water partition coefficient (Wildman–Crippen LogP) is 0.938. The quantitative estimate of drug-likeness (QED) is 0.663. The van der Waals surface area contributed by atoms with Crippen LogP contribution in [0.1, 0.15) is 19.8 Å². The van der Waals surface area contributed by atoms with Crippen molar-refractivity contribution in [3.05, 3.63) is 17.5 Å². The zero-order valence-electron chi connectivity index (χ0n) is 15.6. The highest BCUT2D eigenvalue weighted by atomic mass is 32.2. The van der Waals surface area contributed by atoms with Gasteiger partial charge in [-0.1, -0.05) is 6.07 Å². The van der Waals surface area contributed by atoms with Gasteiger partial charge in [0.05, 0.1) is 12.1 Å². The summed E-state index contributed by atoms with van der Waals surface area (Å²) in [5, 5.41) is 1.72. The van der Waals surface area contributed by atoms with Crippen LogP contribution in [0.2, 0.25) is 0 Å². The molecule has 0 aromatic carbocycles. The lowest BCUT2D eigenvalue weighted by atomic mass is 9.76. The lowest BCUT2D eigenvalue weighted by Crippen LogP contribution is -2.57. The van der Waals surface area contributed by atoms with E-state index in [-0.39, 0.29) is 25.6 Å². The number of hydrogen-bond donors (Lipinski definition) is 0. The van der Waals surface area contributed by atoms with Gasteiger partial charge in [0.15, 0.2) is 6.10 Å². The lowest BCUT2D eigenvalue weighted by molar-refractivity contribution is -0.156. The molecule has 27 heavy (non-hydrogen) atoms. The summed E-state index contributed by atoms with van der Waals surface area (Å²) in [5.74, 6) is -1.52. The van der Waals surface area contributed by atoms with Crippen LogP contribution in [0.3, 0.4) is 0 Å². The van der Waals surface area contributed by atoms with E-state index < -0.39 is 33.6 Å². The molecule has 0 bridgehead atoms. The second-order valence-electron chi connectivity index (χ2n) is 6.72. The standard InChI is InChI=1S/C17H24N2O6S2/c1-4-25-16(21)13-14(24-3)15(20)18(2)17(13)7-9-19(10-8-17)27(22,23)12-6-5-11-26-12/h5-6,11,13-14H,4,7-10H2,1-3H3/t13-,14+/m0/s1. The lowest BCUT2D eigenvalue weighted by Gasteiger charge is -2.45. The van der Waals surface area contributed by atoms with E-state index in [1.54, 1.807) is 36.4 Å². The number of methoxy groups -OCH3 is 1. The first-order valence-electron chi connectivity index (χ1n) is 8.80. The number of likely N-dealkylation sites (tertiary alicyclic amines) is 1. The SMILES string of the molecule is CCOC(=O)[C@@H]1[C@@H](OC)C(=O)N(C)C12CCN(S(=O)(=O)c1cccs1)CC2. The van der Waals surface area contributed by atoms with Crippen LogP contribution in [-0.4, -0.2) is 75.0 Å². The van der Waals surface area contributed by atoms with Crippen LogP contribution in [0.25, 0.3) is 0 Å². The molecule has 0 unspecified atom stereocenters. The Morgan fingerprint density at radius 2 is 2.04 bits per heavy atom. The molecule has 2 aliphatic heterocycles. The number of likely N-dealkylation sites (N-methyl/N-ethyl adjacent to an activating group) is 1. The molecule has 1 amide bonds. The number of carbonyl (C=O) groups excluding carboxylic acids is 2. The van der Waals surface area contributed by atoms with Crippen molar-refractivity contribution in [2.45, 2.75) is 35.6 Å². The normalized spacial score (nSPS) is 25.9. The molecule has 150 valence electrons. The fourth-order valence-electron chi connectivity index (χ4n) is 4.15. The monoisotopic (exact) mass is 416 g/mol. The average Bonchev–Trinajstić information content (AvgIpc) is 3.26. The van der Waals surface area contributed by atoms with Crippen LogP contribution in [-0.2, 0) is 29.1 Å². The number of hydrogen-bond acceptors (Lipinski definition) is 7. The molecule has 1 aromatic rings. The first-order valence-corrected chi connectivity index (χ1v) is 11.1. The Hall–Kier alpha value is -1.49. The smallest absolute Gasteiger partial charge is 0.314 e. The number of nitrogens with zero attached hydrogens (tertiary/aromatic N) is 2. The van der Waals surface area contributed by atoms with Gasteiger partial charge in [-0.2, -0.15) is 4.31 Å². The van der Waals surface area contributed by atoms with Gasteiger partial charge in [-0.3, -0.25) is 9.59 Å². The van der Waals surface area contributed by atoms with Gasteiger partial charge in [0.25, 0.3) is 15.9 Å². The van der Waals surface area contributed by atoms with Crippen molar-refractivity contribution in [2.24, 2.45) is 5.92 Å². The molecule has 8 nitrogen and oxygen atoms in total. The molecule has 2 saturated heterocycles. The molecule has 1 spiro atoms. The third-order valence-corrected chi connectivity index (χ3v) is 8.87. The number of thiophene rings is 1. The summed E-state index contributed by atoms with van der Waals surface area (Å²) in [6.45, 7) is 2.37. The average molecular weight is 417 g/mol. The van der Waals surface area contributed by atoms with Gasteiger partial charge in [0.2, 0.25) is 0 Å². The second-order valence-corrected chi connectivity index (χ2v) is 9.84. The highest BCUT2D eigenvalue weighted by molar-refractivity contribution is 7.91. The number of ether oxygens (including phenoxy) is 2. The fraction of sp³-hybridized carbons (Fsp3) is 0.647. The molecule has 0 N–H and O–H groups in total. The molecule has 10 heteroatoms. The number of sulfonamides is 1. The third kappa shape index (κ3) is 3.18. The Kier molecular flexibility index (Phi) is 5.62. The number of rotatable bonds is 5. The van der Waals surface area contributed by atoms with Crippen LogP contribution in [0.5, 0.6) is 0 Å². The van der Waals surface area contributed by atoms with Crippen molar-refractivity contribution in [3.63, 3.8) is 0 Å². The topological polar surface area (TPSA) is 93.2 Å². The van der Waals surface area contributed by atoms with Gasteiger partial charge < -0.3 is 14.4 Å². The van der Waals surface area contributed by atoms with Gasteiger partial charge in [0.1, 0.15) is 10.1 Å². The Labute approximate surface area is 163 Å². The molecule has 1 aromatic heterocycles. The van der Waals surface area contributed by atoms with Gasteiger partial charge >= 0.3 is 5.97 Å². The first kappa shape index (κ1) is 20.2. The molecular formula is C17H24N2O6S2. The molecule has 3 rings (SSSR count). The highest BCUT2D eigenvalue weighted by Gasteiger charge is 2.62. The van der Waals surface area contributed by atoms with E-state index in [4.69, 9.17) is 9.47 Å². The van der Waals surface area contributed by atoms with Gasteiger partial charge in [-0.15, -0.1) is 11.3 Å². The number of piperidine rings is 1. The van der Waals surface area contributed by atoms with E-state index >= 15 is 0 Å². The minimum atomic E-state index is -3.56. The van der Waals surface area contributed by atoms with Crippen molar-refractivity contribution in [1.82, 2.24) is 9.21 Å². The van der Waals surface area contributed by atoms with Gasteiger partial charge in [-0.05, 0) is 31.2 Å². The van der Waals surface area contributed by atoms with Crippen LogP contribution in [0, 0.1) is 5.92 Å². The van der Waals surface area contributed by atoms with Crippen molar-refractivity contribution >= 4 is 33.2 Å². The minimum Gasteiger partial charge on any atom is -0.466 e. The van der Waals surface area contributed by atoms with Crippen LogP contribution in [0.4, 0.5) is 0 Å². The zero-order chi connectivity index (χ0) is 19.8. The Morgan fingerprint density at radius 3 is 2.56 bits per heavy atom. The molecule has 2 aliphatic rings. The van der Waals surface area contributed by atoms with Gasteiger partial charge in [0, 0.05) is 27.2 Å². The van der Waals surface area contributed by atoms with Crippen molar-refractivity contribution in [2.75, 3.05) is 33.9 Å². The summed E-state index contributed by atoms with van der Waals surface area (Å²) in [6.07, 6.45) is -0.207. The summed E-state index contributed by atoms with van der Waals surface area (Å²) in [6, 6.07) is 3.28. The molecule has 2 fully saturated rings. The maximum atomic E-state index is 12.8. The summed E-state index contributed by atoms with van der Waals surface area (Å²) in [5.41, 5.74) is -0.800. The summed E-state index contributed by atoms with van der Waals surface area (Å²) < 4.78 is 37.8. The maximum absolute atomic E-state index is 12.8. The maximum Gasteiger partial charge on any atom is 0.314 e. The van der Waals surface area contributed by atoms with E-state index in [9.17, 15) is 18.0 Å². The van der Waals surface area contributed by atoms with Crippen molar-refractivity contribution in [3.8, 4) is 0 Å². The van der Waals surface area contributed by atoms with E-state index in [1.165, 1.54) is 22.8 Å². The van der Waals surface area contributed by atoms with Crippen LogP contribution < -0.4 is 0 Å². The van der Waals surface area contributed by atoms with E-state index in [2.05, 4.69) is 0 Å². The van der Waals surface area contributed by atoms with Crippen LogP contribution >= 0.6 is 11.3 Å². The molecule has 0 aliphatic carbocycles. The van der Waals surface area contributed by atoms with E-state index in [1.807, 2.05) is 0 Å². The summed E-state index contributed by atoms with van der Waals surface area (Å²) in [4.78, 5) is 26.8. The molecule has 3 heterocycles. The largest absolute Gasteiger partial charge is 0.466 e. The van der Waals surface area contributed by atoms with Crippen LogP contribution in [0.15, 0.2) is 21.7 Å². The van der Waals surface area contributed by atoms with E-state index in [0.717, 1.165) is 0 Å². The zero-order valence-corrected chi connectivity index (χ0v) is 17.2. The molecule has 2 atom stereocenters. The molecular weight excluding hydrogens is 392 g/mol. The predicted molar refractivity (Wildman–Crippen MR) is 98.7 cm³/mol. The van der Waals surface area contributed by atoms with Gasteiger partial charge in [-0.25, -0.2) is 8.42 Å². The minimum absolute atomic E-state index is 0.207. The van der Waals surface area contributed by atoms with Crippen molar-refractivity contribution < 1.29 is 27.5 Å². The number of amides is 1. The Balaban J connectivity index is 1.87. The second kappa shape index (κ2) is 7.50. The molecule has 0 radical (unpaired) electrons. The fourth-order valence-corrected chi connectivity index (χ4v) is 6.74. The first-order chi connectivity index (χ1) is 12.8.